The molecular weight excluding hydrogens is 560 g/mol. The molecule has 0 bridgehead atoms. The van der Waals surface area contributed by atoms with Crippen molar-refractivity contribution in [2.75, 3.05) is 46.3 Å². The molecule has 3 N–H and O–H groups in total. The molecule has 44 heavy (non-hydrogen) atoms. The summed E-state index contributed by atoms with van der Waals surface area (Å²) in [5.41, 5.74) is 3.20. The van der Waals surface area contributed by atoms with Crippen molar-refractivity contribution in [3.8, 4) is 28.4 Å². The van der Waals surface area contributed by atoms with Crippen molar-refractivity contribution in [1.82, 2.24) is 15.5 Å². The van der Waals surface area contributed by atoms with Crippen LogP contribution in [-0.4, -0.2) is 69.8 Å². The van der Waals surface area contributed by atoms with E-state index in [4.69, 9.17) is 14.2 Å². The maximum absolute atomic E-state index is 13.8. The van der Waals surface area contributed by atoms with Gasteiger partial charge in [0.1, 0.15) is 6.04 Å². The van der Waals surface area contributed by atoms with E-state index in [1.807, 2.05) is 12.1 Å². The highest BCUT2D eigenvalue weighted by atomic mass is 16.5. The summed E-state index contributed by atoms with van der Waals surface area (Å²) in [7, 11) is 4.70. The van der Waals surface area contributed by atoms with Gasteiger partial charge in [0.05, 0.1) is 33.1 Å². The third-order valence-corrected chi connectivity index (χ3v) is 8.69. The molecule has 240 valence electrons. The summed E-state index contributed by atoms with van der Waals surface area (Å²) in [4.78, 5) is 42.0. The molecule has 1 saturated heterocycles. The first-order valence-electron chi connectivity index (χ1n) is 15.7. The first-order chi connectivity index (χ1) is 21.1. The number of carbonyl (C=O) groups excluding carboxylic acids is 2. The Morgan fingerprint density at radius 3 is 2.43 bits per heavy atom. The van der Waals surface area contributed by atoms with Crippen LogP contribution in [0.5, 0.6) is 17.2 Å². The molecule has 1 fully saturated rings. The van der Waals surface area contributed by atoms with Crippen molar-refractivity contribution in [2.24, 2.45) is 5.92 Å². The number of nitrogens with zero attached hydrogens (tertiary/aromatic N) is 1. The number of methoxy groups -OCH3 is 3. The van der Waals surface area contributed by atoms with Gasteiger partial charge in [-0.1, -0.05) is 26.8 Å². The van der Waals surface area contributed by atoms with Crippen LogP contribution in [0.2, 0.25) is 0 Å². The Morgan fingerprint density at radius 1 is 1.05 bits per heavy atom. The lowest BCUT2D eigenvalue weighted by Crippen LogP contribution is -2.46. The maximum atomic E-state index is 13.8. The van der Waals surface area contributed by atoms with Gasteiger partial charge in [0.25, 0.3) is 0 Å². The van der Waals surface area contributed by atoms with E-state index in [1.54, 1.807) is 33.5 Å². The average Bonchev–Trinajstić information content (AvgIpc) is 3.34. The molecule has 4 rings (SSSR count). The number of likely N-dealkylation sites (tertiary alicyclic amines) is 1. The lowest BCUT2D eigenvalue weighted by molar-refractivity contribution is -0.122. The second kappa shape index (κ2) is 14.8. The van der Waals surface area contributed by atoms with Gasteiger partial charge in [-0.2, -0.15) is 0 Å². The summed E-state index contributed by atoms with van der Waals surface area (Å²) >= 11 is 0. The highest BCUT2D eigenvalue weighted by Crippen LogP contribution is 2.50. The lowest BCUT2D eigenvalue weighted by Gasteiger charge is -2.25. The Balaban J connectivity index is 1.77. The number of amides is 2. The van der Waals surface area contributed by atoms with Crippen molar-refractivity contribution in [2.45, 2.75) is 77.9 Å². The molecule has 0 unspecified atom stereocenters. The Hall–Kier alpha value is -3.79. The van der Waals surface area contributed by atoms with Gasteiger partial charge in [0, 0.05) is 25.1 Å². The predicted molar refractivity (Wildman–Crippen MR) is 173 cm³/mol. The van der Waals surface area contributed by atoms with Crippen LogP contribution in [0.4, 0.5) is 5.69 Å². The van der Waals surface area contributed by atoms with Gasteiger partial charge < -0.3 is 30.2 Å². The molecule has 1 aliphatic heterocycles. The minimum Gasteiger partial charge on any atom is -0.493 e. The number of benzene rings is 1. The number of carbonyl (C=O) groups is 2. The maximum Gasteiger partial charge on any atom is 0.242 e. The van der Waals surface area contributed by atoms with Crippen LogP contribution in [0.25, 0.3) is 11.1 Å². The largest absolute Gasteiger partial charge is 0.493 e. The van der Waals surface area contributed by atoms with Gasteiger partial charge in [-0.15, -0.1) is 0 Å². The van der Waals surface area contributed by atoms with E-state index in [0.29, 0.717) is 60.3 Å². The molecule has 2 aliphatic rings. The van der Waals surface area contributed by atoms with Gasteiger partial charge in [0.15, 0.2) is 11.5 Å². The minimum absolute atomic E-state index is 0.117. The van der Waals surface area contributed by atoms with Crippen molar-refractivity contribution < 1.29 is 23.8 Å². The van der Waals surface area contributed by atoms with E-state index in [2.05, 4.69) is 41.6 Å². The first-order valence-corrected chi connectivity index (χ1v) is 15.7. The fourth-order valence-corrected chi connectivity index (χ4v) is 6.60. The molecular formula is C34H48N4O6. The number of ether oxygens (including phenoxy) is 3. The summed E-state index contributed by atoms with van der Waals surface area (Å²) in [6.07, 6.45) is 3.95. The zero-order chi connectivity index (χ0) is 32.0. The number of anilines is 1. The topological polar surface area (TPSA) is 118 Å². The summed E-state index contributed by atoms with van der Waals surface area (Å²) < 4.78 is 17.2. The molecule has 2 aromatic carbocycles. The van der Waals surface area contributed by atoms with Crippen LogP contribution in [0.1, 0.15) is 70.5 Å². The molecule has 10 heteroatoms. The molecule has 0 spiro atoms. The highest BCUT2D eigenvalue weighted by Gasteiger charge is 2.30. The fourth-order valence-electron chi connectivity index (χ4n) is 6.60. The van der Waals surface area contributed by atoms with Crippen LogP contribution in [0.15, 0.2) is 29.1 Å². The Bertz CT molecular complexity index is 1410. The zero-order valence-electron chi connectivity index (χ0n) is 27.2. The quantitative estimate of drug-likeness (QED) is 0.327. The van der Waals surface area contributed by atoms with Crippen LogP contribution < -0.4 is 35.6 Å². The number of hydrogen-bond acceptors (Lipinski definition) is 8. The molecule has 2 amide bonds. The van der Waals surface area contributed by atoms with Crippen molar-refractivity contribution >= 4 is 17.5 Å². The summed E-state index contributed by atoms with van der Waals surface area (Å²) in [5, 5.41) is 9.47. The Morgan fingerprint density at radius 2 is 1.80 bits per heavy atom. The third-order valence-electron chi connectivity index (χ3n) is 8.69. The normalized spacial score (nSPS) is 18.5. The highest BCUT2D eigenvalue weighted by molar-refractivity contribution is 5.86. The van der Waals surface area contributed by atoms with Crippen LogP contribution in [-0.2, 0) is 16.0 Å². The number of fused-ring (bicyclic) bond motifs is 3. The van der Waals surface area contributed by atoms with Crippen LogP contribution >= 0.6 is 0 Å². The SMILES string of the molecule is CCN1CCC[C@@H]1CNC(=O)[C@H](CC(C)C)Nc1ccc2c(cc1=O)[C@@H](NC(C)=O)CCc1cc(OC)c(OC)c(OC)c1-2. The molecule has 0 aromatic heterocycles. The van der Waals surface area contributed by atoms with Gasteiger partial charge in [-0.3, -0.25) is 19.3 Å². The summed E-state index contributed by atoms with van der Waals surface area (Å²) in [5.74, 6) is 1.39. The van der Waals surface area contributed by atoms with E-state index >= 15 is 0 Å². The minimum atomic E-state index is -0.585. The number of hydrogen-bond donors (Lipinski definition) is 3. The van der Waals surface area contributed by atoms with Crippen molar-refractivity contribution in [3.63, 3.8) is 0 Å². The standard InChI is InChI=1S/C34H48N4O6/c1-8-38-15-9-10-23(38)19-35-34(41)28(16-20(2)3)37-27-14-12-24-25(18-29(27)40)26(36-21(4)39)13-11-22-17-30(42-5)32(43-6)33(44-7)31(22)24/h12,14,17-18,20,23,26,28H,8-11,13,15-16,19H2,1-7H3,(H,35,41)(H,36,39)(H,37,40)/t23-,26+,28+/m1/s1. The Kier molecular flexibility index (Phi) is 11.1. The van der Waals surface area contributed by atoms with E-state index in [9.17, 15) is 14.4 Å². The second-order valence-electron chi connectivity index (χ2n) is 12.1. The van der Waals surface area contributed by atoms with Crippen LogP contribution in [0.3, 0.4) is 0 Å². The first kappa shape index (κ1) is 33.1. The molecule has 3 atom stereocenters. The fraction of sp³-hybridized carbons (Fsp3) is 0.559. The molecule has 1 heterocycles. The van der Waals surface area contributed by atoms with E-state index < -0.39 is 12.1 Å². The molecule has 1 aliphatic carbocycles. The van der Waals surface area contributed by atoms with Gasteiger partial charge in [-0.25, -0.2) is 0 Å². The third kappa shape index (κ3) is 7.29. The molecule has 0 saturated carbocycles. The monoisotopic (exact) mass is 608 g/mol. The number of likely N-dealkylation sites (N-methyl/N-ethyl adjacent to an activating group) is 1. The van der Waals surface area contributed by atoms with Crippen molar-refractivity contribution in [3.05, 3.63) is 45.6 Å². The Labute approximate surface area is 260 Å². The second-order valence-corrected chi connectivity index (χ2v) is 12.1. The van der Waals surface area contributed by atoms with E-state index in [-0.39, 0.29) is 23.2 Å². The van der Waals surface area contributed by atoms with Crippen LogP contribution in [0, 0.1) is 5.92 Å². The molecule has 0 radical (unpaired) electrons. The van der Waals surface area contributed by atoms with E-state index in [0.717, 1.165) is 42.6 Å². The summed E-state index contributed by atoms with van der Waals surface area (Å²) in [6.45, 7) is 10.3. The van der Waals surface area contributed by atoms with Gasteiger partial charge in [0.2, 0.25) is 23.0 Å². The number of nitrogens with one attached hydrogen (secondary N) is 3. The summed E-state index contributed by atoms with van der Waals surface area (Å²) in [6, 6.07) is 6.44. The van der Waals surface area contributed by atoms with Gasteiger partial charge >= 0.3 is 0 Å². The molecule has 10 nitrogen and oxygen atoms in total. The van der Waals surface area contributed by atoms with Gasteiger partial charge in [-0.05, 0) is 86.0 Å². The predicted octanol–water partition coefficient (Wildman–Crippen LogP) is 4.29. The number of rotatable bonds is 12. The van der Waals surface area contributed by atoms with E-state index in [1.165, 1.54) is 6.92 Å². The number of aryl methyl sites for hydroxylation is 1. The smallest absolute Gasteiger partial charge is 0.242 e. The molecule has 2 aromatic rings. The zero-order valence-corrected chi connectivity index (χ0v) is 27.2. The lowest BCUT2D eigenvalue weighted by atomic mass is 9.95. The average molecular weight is 609 g/mol. The van der Waals surface area contributed by atoms with Crippen molar-refractivity contribution in [1.29, 1.82) is 0 Å².